The number of carbonyl (C=O) groups is 3. The van der Waals surface area contributed by atoms with Gasteiger partial charge in [-0.05, 0) is 84.3 Å². The Kier molecular flexibility index (Phi) is 8.32. The predicted octanol–water partition coefficient (Wildman–Crippen LogP) is 6.48. The van der Waals surface area contributed by atoms with Gasteiger partial charge in [0.1, 0.15) is 6.04 Å². The van der Waals surface area contributed by atoms with Crippen molar-refractivity contribution in [3.05, 3.63) is 76.9 Å². The lowest BCUT2D eigenvalue weighted by molar-refractivity contribution is -0.134. The van der Waals surface area contributed by atoms with Crippen LogP contribution in [0.5, 0.6) is 0 Å². The summed E-state index contributed by atoms with van der Waals surface area (Å²) in [5, 5.41) is 4.34. The molecule has 2 saturated heterocycles. The van der Waals surface area contributed by atoms with Crippen LogP contribution in [0.15, 0.2) is 54.6 Å². The Labute approximate surface area is 244 Å². The minimum Gasteiger partial charge on any atom is -0.299 e. The number of imide groups is 1. The number of anilines is 1. The molecular weight excluding hydrogens is 510 g/mol. The number of carbonyl (C=O) groups excluding carboxylic acids is 3. The topological polar surface area (TPSA) is 69.7 Å². The van der Waals surface area contributed by atoms with Crippen LogP contribution in [0, 0.1) is 11.3 Å². The highest BCUT2D eigenvalue weighted by atomic mass is 16.2. The molecule has 216 valence electrons. The summed E-state index contributed by atoms with van der Waals surface area (Å²) in [5.41, 5.74) is 5.52. The molecule has 3 aliphatic rings. The van der Waals surface area contributed by atoms with Crippen molar-refractivity contribution in [3.8, 4) is 0 Å². The molecule has 3 aromatic carbocycles. The van der Waals surface area contributed by atoms with E-state index in [1.165, 1.54) is 37.1 Å². The van der Waals surface area contributed by atoms with E-state index in [0.717, 1.165) is 40.9 Å². The lowest BCUT2D eigenvalue weighted by atomic mass is 9.75. The Morgan fingerprint density at radius 2 is 1.54 bits per heavy atom. The van der Waals surface area contributed by atoms with Gasteiger partial charge in [0.2, 0.25) is 11.8 Å². The van der Waals surface area contributed by atoms with E-state index >= 15 is 0 Å². The molecule has 3 amide bonds. The van der Waals surface area contributed by atoms with Crippen molar-refractivity contribution >= 4 is 34.2 Å². The van der Waals surface area contributed by atoms with Crippen molar-refractivity contribution in [1.82, 2.24) is 10.2 Å². The second-order valence-corrected chi connectivity index (χ2v) is 12.5. The fraction of sp³-hybridized carbons (Fsp3) is 0.457. The Bertz CT molecular complexity index is 1450. The van der Waals surface area contributed by atoms with Gasteiger partial charge in [0, 0.05) is 23.9 Å². The largest absolute Gasteiger partial charge is 0.299 e. The van der Waals surface area contributed by atoms with Gasteiger partial charge in [0.05, 0.1) is 5.69 Å². The van der Waals surface area contributed by atoms with Crippen LogP contribution in [0.25, 0.3) is 10.8 Å². The first-order chi connectivity index (χ1) is 19.7. The number of amides is 3. The molecule has 6 heteroatoms. The zero-order valence-electron chi connectivity index (χ0n) is 25.1. The van der Waals surface area contributed by atoms with E-state index in [0.29, 0.717) is 17.4 Å². The van der Waals surface area contributed by atoms with E-state index < -0.39 is 11.9 Å². The zero-order valence-corrected chi connectivity index (χ0v) is 25.1. The fourth-order valence-electron chi connectivity index (χ4n) is 6.66. The second kappa shape index (κ2) is 11.8. The number of likely N-dealkylation sites (tertiary alicyclic amines) is 1. The molecule has 3 heterocycles. The van der Waals surface area contributed by atoms with Gasteiger partial charge in [0.25, 0.3) is 5.91 Å². The van der Waals surface area contributed by atoms with E-state index in [-0.39, 0.29) is 18.2 Å². The Hall–Kier alpha value is -3.51. The maximum atomic E-state index is 13.4. The van der Waals surface area contributed by atoms with Crippen molar-refractivity contribution < 1.29 is 14.4 Å². The fourth-order valence-corrected chi connectivity index (χ4v) is 6.66. The summed E-state index contributed by atoms with van der Waals surface area (Å²) in [7, 11) is 0. The highest BCUT2D eigenvalue weighted by Gasteiger charge is 2.40. The average Bonchev–Trinajstić information content (AvgIpc) is 3.24. The van der Waals surface area contributed by atoms with Crippen molar-refractivity contribution in [2.24, 2.45) is 11.3 Å². The molecule has 0 aliphatic carbocycles. The third-order valence-electron chi connectivity index (χ3n) is 8.98. The van der Waals surface area contributed by atoms with Gasteiger partial charge in [-0.3, -0.25) is 29.5 Å². The van der Waals surface area contributed by atoms with Crippen LogP contribution >= 0.6 is 0 Å². The summed E-state index contributed by atoms with van der Waals surface area (Å²) in [6.45, 7) is 14.4. The van der Waals surface area contributed by atoms with Crippen LogP contribution in [0.2, 0.25) is 0 Å². The first kappa shape index (κ1) is 29.0. The number of piperidine rings is 2. The standard InChI is InChI=1S/C33H37N3O3.C2H6/c1-33(2,3)24-15-17-35(18-16-24)20-22-9-7-21(8-10-22)19-23-11-12-27-30-25(23)5-4-6-26(30)32(39)36(27)28-13-14-29(37)34-31(28)38;1-2/h4-12,24,28H,13-20H2,1-3H3,(H,34,37,38);1-2H3. The number of nitrogens with zero attached hydrogens (tertiary/aromatic N) is 2. The summed E-state index contributed by atoms with van der Waals surface area (Å²) in [5.74, 6) is -0.0428. The van der Waals surface area contributed by atoms with Crippen molar-refractivity contribution in [3.63, 3.8) is 0 Å². The van der Waals surface area contributed by atoms with Gasteiger partial charge in [-0.15, -0.1) is 0 Å². The SMILES string of the molecule is CC.CC(C)(C)C1CCN(Cc2ccc(Cc3ccc4c5c(cccc35)C(=O)N4C3CCC(=O)NC3=O)cc2)CC1. The van der Waals surface area contributed by atoms with Crippen LogP contribution in [-0.4, -0.2) is 41.8 Å². The molecule has 0 aromatic heterocycles. The predicted molar refractivity (Wildman–Crippen MR) is 165 cm³/mol. The summed E-state index contributed by atoms with van der Waals surface area (Å²) >= 11 is 0. The van der Waals surface area contributed by atoms with Crippen LogP contribution in [-0.2, 0) is 22.6 Å². The quantitative estimate of drug-likeness (QED) is 0.367. The molecule has 6 rings (SSSR count). The molecule has 0 radical (unpaired) electrons. The van der Waals surface area contributed by atoms with E-state index in [4.69, 9.17) is 0 Å². The third kappa shape index (κ3) is 5.80. The molecule has 41 heavy (non-hydrogen) atoms. The smallest absolute Gasteiger partial charge is 0.259 e. The molecule has 0 saturated carbocycles. The number of nitrogens with one attached hydrogen (secondary N) is 1. The Morgan fingerprint density at radius 1 is 0.854 bits per heavy atom. The molecule has 6 nitrogen and oxygen atoms in total. The van der Waals surface area contributed by atoms with Crippen molar-refractivity contribution in [2.75, 3.05) is 18.0 Å². The monoisotopic (exact) mass is 553 g/mol. The van der Waals surface area contributed by atoms with Gasteiger partial charge in [0.15, 0.2) is 0 Å². The van der Waals surface area contributed by atoms with Gasteiger partial charge in [-0.25, -0.2) is 0 Å². The molecule has 3 aromatic rings. The Morgan fingerprint density at radius 3 is 2.20 bits per heavy atom. The molecule has 0 bridgehead atoms. The average molecular weight is 554 g/mol. The van der Waals surface area contributed by atoms with Crippen LogP contribution < -0.4 is 10.2 Å². The Balaban J connectivity index is 0.00000165. The van der Waals surface area contributed by atoms with Gasteiger partial charge < -0.3 is 0 Å². The van der Waals surface area contributed by atoms with Crippen LogP contribution in [0.1, 0.15) is 87.4 Å². The minimum atomic E-state index is -0.663. The molecular formula is C35H43N3O3. The number of hydrogen-bond donors (Lipinski definition) is 1. The van der Waals surface area contributed by atoms with Crippen LogP contribution in [0.4, 0.5) is 5.69 Å². The molecule has 2 fully saturated rings. The lowest BCUT2D eigenvalue weighted by Gasteiger charge is -2.38. The molecule has 3 aliphatic heterocycles. The van der Waals surface area contributed by atoms with Crippen molar-refractivity contribution in [1.29, 1.82) is 0 Å². The lowest BCUT2D eigenvalue weighted by Crippen LogP contribution is -2.53. The van der Waals surface area contributed by atoms with E-state index in [9.17, 15) is 14.4 Å². The van der Waals surface area contributed by atoms with Gasteiger partial charge >= 0.3 is 0 Å². The number of rotatable bonds is 5. The summed E-state index contributed by atoms with van der Waals surface area (Å²) in [6, 6.07) is 18.1. The van der Waals surface area contributed by atoms with E-state index in [2.05, 4.69) is 67.4 Å². The maximum Gasteiger partial charge on any atom is 0.259 e. The first-order valence-corrected chi connectivity index (χ1v) is 15.2. The van der Waals surface area contributed by atoms with E-state index in [1.54, 1.807) is 4.90 Å². The maximum absolute atomic E-state index is 13.4. The molecule has 1 atom stereocenters. The molecule has 1 N–H and O–H groups in total. The molecule has 0 spiro atoms. The summed E-state index contributed by atoms with van der Waals surface area (Å²) in [6.07, 6.45) is 3.90. The highest BCUT2D eigenvalue weighted by Crippen LogP contribution is 2.41. The third-order valence-corrected chi connectivity index (χ3v) is 8.98. The van der Waals surface area contributed by atoms with Gasteiger partial charge in [-0.1, -0.05) is 77.1 Å². The zero-order chi connectivity index (χ0) is 29.3. The first-order valence-electron chi connectivity index (χ1n) is 15.2. The number of hydrogen-bond acceptors (Lipinski definition) is 4. The number of benzene rings is 3. The van der Waals surface area contributed by atoms with Crippen LogP contribution in [0.3, 0.4) is 0 Å². The van der Waals surface area contributed by atoms with Crippen molar-refractivity contribution in [2.45, 2.75) is 79.3 Å². The highest BCUT2D eigenvalue weighted by molar-refractivity contribution is 6.27. The van der Waals surface area contributed by atoms with E-state index in [1.807, 2.05) is 32.0 Å². The normalized spacial score (nSPS) is 19.8. The summed E-state index contributed by atoms with van der Waals surface area (Å²) < 4.78 is 0. The second-order valence-electron chi connectivity index (χ2n) is 12.5. The minimum absolute atomic E-state index is 0.168. The van der Waals surface area contributed by atoms with Gasteiger partial charge in [-0.2, -0.15) is 0 Å². The molecule has 1 unspecified atom stereocenters. The summed E-state index contributed by atoms with van der Waals surface area (Å²) in [4.78, 5) is 41.8.